The van der Waals surface area contributed by atoms with Gasteiger partial charge in [0.15, 0.2) is 0 Å². The van der Waals surface area contributed by atoms with E-state index >= 15 is 0 Å². The molecule has 0 aromatic heterocycles. The van der Waals surface area contributed by atoms with Crippen molar-refractivity contribution in [3.8, 4) is 0 Å². The monoisotopic (exact) mass is 460 g/mol. The van der Waals surface area contributed by atoms with Crippen LogP contribution in [0.1, 0.15) is 31.4 Å². The maximum Gasteiger partial charge on any atom is 0.408 e. The number of carbonyl (C=O) groups is 3. The van der Waals surface area contributed by atoms with E-state index in [0.717, 1.165) is 5.56 Å². The maximum atomic E-state index is 13.0. The number of benzene rings is 2. The molecule has 0 heterocycles. The van der Waals surface area contributed by atoms with Crippen LogP contribution in [0.4, 0.5) is 4.79 Å². The van der Waals surface area contributed by atoms with E-state index in [1.807, 2.05) is 44.2 Å². The molecule has 2 N–H and O–H groups in total. The number of ether oxygens (including phenoxy) is 2. The van der Waals surface area contributed by atoms with Crippen LogP contribution in [0, 0.1) is 5.92 Å². The first kappa shape index (κ1) is 25.2. The molecular formula is C24H29ClN2O5. The van der Waals surface area contributed by atoms with Gasteiger partial charge in [-0.25, -0.2) is 9.59 Å². The van der Waals surface area contributed by atoms with E-state index < -0.39 is 30.1 Å². The van der Waals surface area contributed by atoms with Gasteiger partial charge in [-0.15, -0.1) is 0 Å². The average molecular weight is 461 g/mol. The Labute approximate surface area is 193 Å². The third-order valence-electron chi connectivity index (χ3n) is 4.71. The molecule has 0 aliphatic carbocycles. The number of halogens is 1. The lowest BCUT2D eigenvalue weighted by molar-refractivity contribution is -0.145. The molecule has 7 nitrogen and oxygen atoms in total. The fraction of sp³-hybridized carbons (Fsp3) is 0.375. The first-order valence-electron chi connectivity index (χ1n) is 10.4. The van der Waals surface area contributed by atoms with E-state index in [2.05, 4.69) is 10.6 Å². The molecule has 172 valence electrons. The van der Waals surface area contributed by atoms with Crippen LogP contribution >= 0.6 is 11.6 Å². The molecule has 32 heavy (non-hydrogen) atoms. The van der Waals surface area contributed by atoms with E-state index in [-0.39, 0.29) is 18.9 Å². The van der Waals surface area contributed by atoms with Gasteiger partial charge >= 0.3 is 12.1 Å². The minimum atomic E-state index is -0.954. The summed E-state index contributed by atoms with van der Waals surface area (Å²) in [5.41, 5.74) is 1.53. The van der Waals surface area contributed by atoms with Crippen molar-refractivity contribution < 1.29 is 23.9 Å². The highest BCUT2D eigenvalue weighted by atomic mass is 35.5. The summed E-state index contributed by atoms with van der Waals surface area (Å²) in [6.45, 7) is 3.94. The maximum absolute atomic E-state index is 13.0. The summed E-state index contributed by atoms with van der Waals surface area (Å²) in [7, 11) is 1.25. The summed E-state index contributed by atoms with van der Waals surface area (Å²) in [4.78, 5) is 37.6. The van der Waals surface area contributed by atoms with Crippen LogP contribution in [0.25, 0.3) is 0 Å². The molecule has 2 aromatic rings. The molecular weight excluding hydrogens is 432 g/mol. The summed E-state index contributed by atoms with van der Waals surface area (Å²) in [5.74, 6) is -0.994. The Bertz CT molecular complexity index is 904. The number of amides is 2. The fourth-order valence-electron chi connectivity index (χ4n) is 3.10. The Morgan fingerprint density at radius 2 is 1.59 bits per heavy atom. The number of hydrogen-bond donors (Lipinski definition) is 2. The summed E-state index contributed by atoms with van der Waals surface area (Å²) in [6.07, 6.45) is -0.188. The van der Waals surface area contributed by atoms with Gasteiger partial charge < -0.3 is 20.1 Å². The van der Waals surface area contributed by atoms with Crippen LogP contribution < -0.4 is 10.6 Å². The number of nitrogens with one attached hydrogen (secondary N) is 2. The van der Waals surface area contributed by atoms with Crippen LogP contribution in [-0.2, 0) is 32.1 Å². The lowest BCUT2D eigenvalue weighted by Gasteiger charge is -2.23. The van der Waals surface area contributed by atoms with Crippen molar-refractivity contribution in [2.45, 2.75) is 45.4 Å². The largest absolute Gasteiger partial charge is 0.467 e. The number of methoxy groups -OCH3 is 1. The Kier molecular flexibility index (Phi) is 10.0. The highest BCUT2D eigenvalue weighted by molar-refractivity contribution is 6.31. The molecule has 2 aromatic carbocycles. The van der Waals surface area contributed by atoms with Crippen LogP contribution in [-0.4, -0.2) is 37.2 Å². The average Bonchev–Trinajstić information content (AvgIpc) is 2.78. The Balaban J connectivity index is 2.05. The molecule has 0 aliphatic rings. The lowest BCUT2D eigenvalue weighted by Crippen LogP contribution is -2.53. The Hall–Kier alpha value is -3.06. The molecule has 0 radical (unpaired) electrons. The molecule has 0 aliphatic heterocycles. The second kappa shape index (κ2) is 12.7. The first-order chi connectivity index (χ1) is 15.3. The van der Waals surface area contributed by atoms with Gasteiger partial charge in [-0.05, 0) is 29.5 Å². The van der Waals surface area contributed by atoms with Gasteiger partial charge in [0, 0.05) is 11.4 Å². The Morgan fingerprint density at radius 3 is 2.22 bits per heavy atom. The van der Waals surface area contributed by atoms with Crippen molar-refractivity contribution in [2.24, 2.45) is 5.92 Å². The van der Waals surface area contributed by atoms with Crippen molar-refractivity contribution in [3.63, 3.8) is 0 Å². The molecule has 8 heteroatoms. The lowest BCUT2D eigenvalue weighted by atomic mass is 10.0. The van der Waals surface area contributed by atoms with Gasteiger partial charge in [-0.1, -0.05) is 74.0 Å². The third-order valence-corrected chi connectivity index (χ3v) is 5.08. The van der Waals surface area contributed by atoms with Crippen molar-refractivity contribution in [3.05, 3.63) is 70.7 Å². The zero-order chi connectivity index (χ0) is 23.5. The van der Waals surface area contributed by atoms with Gasteiger partial charge in [0.1, 0.15) is 18.7 Å². The molecule has 0 bridgehead atoms. The molecule has 2 rings (SSSR count). The van der Waals surface area contributed by atoms with Crippen LogP contribution in [0.3, 0.4) is 0 Å². The van der Waals surface area contributed by atoms with E-state index in [4.69, 9.17) is 21.1 Å². The quantitative estimate of drug-likeness (QED) is 0.525. The smallest absolute Gasteiger partial charge is 0.408 e. The van der Waals surface area contributed by atoms with E-state index in [1.54, 1.807) is 24.3 Å². The van der Waals surface area contributed by atoms with E-state index in [0.29, 0.717) is 17.0 Å². The summed E-state index contributed by atoms with van der Waals surface area (Å²) in [6, 6.07) is 14.4. The predicted octanol–water partition coefficient (Wildman–Crippen LogP) is 3.88. The van der Waals surface area contributed by atoms with Crippen molar-refractivity contribution in [1.82, 2.24) is 10.6 Å². The van der Waals surface area contributed by atoms with Gasteiger partial charge in [0.25, 0.3) is 0 Å². The molecule has 2 atom stereocenters. The molecule has 0 unspecified atom stereocenters. The first-order valence-corrected chi connectivity index (χ1v) is 10.8. The summed E-state index contributed by atoms with van der Waals surface area (Å²) in [5, 5.41) is 5.77. The SMILES string of the molecule is COC(=O)[C@@H](Cc1ccccc1Cl)NC(=O)[C@H](CC(C)C)NC(=O)OCc1ccccc1. The molecule has 0 saturated heterocycles. The van der Waals surface area contributed by atoms with Gasteiger partial charge in [-0.2, -0.15) is 0 Å². The van der Waals surface area contributed by atoms with Crippen molar-refractivity contribution in [1.29, 1.82) is 0 Å². The highest BCUT2D eigenvalue weighted by Crippen LogP contribution is 2.17. The van der Waals surface area contributed by atoms with Crippen LogP contribution in [0.5, 0.6) is 0 Å². The summed E-state index contributed by atoms with van der Waals surface area (Å²) < 4.78 is 10.1. The standard InChI is InChI=1S/C24H29ClN2O5/c1-16(2)13-20(27-24(30)32-15-17-9-5-4-6-10-17)22(28)26-21(23(29)31-3)14-18-11-7-8-12-19(18)25/h4-12,16,20-21H,13-15H2,1-3H3,(H,26,28)(H,27,30)/t20-,21+/m0/s1. The minimum Gasteiger partial charge on any atom is -0.467 e. The zero-order valence-corrected chi connectivity index (χ0v) is 19.2. The second-order valence-electron chi connectivity index (χ2n) is 7.77. The number of rotatable bonds is 10. The van der Waals surface area contributed by atoms with Crippen molar-refractivity contribution in [2.75, 3.05) is 7.11 Å². The molecule has 0 spiro atoms. The number of esters is 1. The number of hydrogen-bond acceptors (Lipinski definition) is 5. The van der Waals surface area contributed by atoms with Crippen molar-refractivity contribution >= 4 is 29.6 Å². The van der Waals surface area contributed by atoms with Gasteiger partial charge in [0.2, 0.25) is 5.91 Å². The predicted molar refractivity (Wildman–Crippen MR) is 122 cm³/mol. The van der Waals surface area contributed by atoms with E-state index in [1.165, 1.54) is 7.11 Å². The van der Waals surface area contributed by atoms with Crippen LogP contribution in [0.2, 0.25) is 5.02 Å². The topological polar surface area (TPSA) is 93.7 Å². The highest BCUT2D eigenvalue weighted by Gasteiger charge is 2.29. The fourth-order valence-corrected chi connectivity index (χ4v) is 3.31. The molecule has 0 saturated carbocycles. The van der Waals surface area contributed by atoms with Gasteiger partial charge in [0.05, 0.1) is 7.11 Å². The molecule has 2 amide bonds. The van der Waals surface area contributed by atoms with E-state index in [9.17, 15) is 14.4 Å². The third kappa shape index (κ3) is 8.23. The van der Waals surface area contributed by atoms with Gasteiger partial charge in [-0.3, -0.25) is 4.79 Å². The minimum absolute atomic E-state index is 0.0833. The number of alkyl carbamates (subject to hydrolysis) is 1. The zero-order valence-electron chi connectivity index (χ0n) is 18.5. The van der Waals surface area contributed by atoms with Crippen LogP contribution in [0.15, 0.2) is 54.6 Å². The summed E-state index contributed by atoms with van der Waals surface area (Å²) >= 11 is 6.20. The Morgan fingerprint density at radius 1 is 0.938 bits per heavy atom. The normalized spacial score (nSPS) is 12.5. The molecule has 0 fully saturated rings. The second-order valence-corrected chi connectivity index (χ2v) is 8.18. The number of carbonyl (C=O) groups excluding carboxylic acids is 3.